The summed E-state index contributed by atoms with van der Waals surface area (Å²) in [6.07, 6.45) is 6.33. The van der Waals surface area contributed by atoms with E-state index in [0.29, 0.717) is 69.6 Å². The molecule has 2 aromatic carbocycles. The van der Waals surface area contributed by atoms with E-state index < -0.39 is 20.0 Å². The number of anilines is 1. The summed E-state index contributed by atoms with van der Waals surface area (Å²) in [5.41, 5.74) is 2.06. The molecule has 0 spiro atoms. The first-order valence-electron chi connectivity index (χ1n) is 15.8. The van der Waals surface area contributed by atoms with Crippen molar-refractivity contribution in [2.75, 3.05) is 76.7 Å². The molecule has 250 valence electrons. The highest BCUT2D eigenvalue weighted by Crippen LogP contribution is 2.26. The van der Waals surface area contributed by atoms with Gasteiger partial charge in [-0.1, -0.05) is 30.3 Å². The fourth-order valence-electron chi connectivity index (χ4n) is 6.56. The number of ether oxygens (including phenoxy) is 1. The molecule has 13 heteroatoms. The molecule has 10 nitrogen and oxygen atoms in total. The molecule has 0 atom stereocenters. The summed E-state index contributed by atoms with van der Waals surface area (Å²) in [7, 11) is -6.70. The number of hydrogen-bond acceptors (Lipinski definition) is 7. The smallest absolute Gasteiger partial charge is 0.243 e. The van der Waals surface area contributed by atoms with Crippen LogP contribution in [-0.4, -0.2) is 108 Å². The van der Waals surface area contributed by atoms with Gasteiger partial charge in [0.1, 0.15) is 0 Å². The van der Waals surface area contributed by atoms with Crippen molar-refractivity contribution in [1.29, 1.82) is 0 Å². The van der Waals surface area contributed by atoms with Crippen LogP contribution in [0.25, 0.3) is 0 Å². The number of piperidine rings is 2. The highest BCUT2D eigenvalue weighted by molar-refractivity contribution is 7.89. The highest BCUT2D eigenvalue weighted by atomic mass is 35.5. The van der Waals surface area contributed by atoms with Gasteiger partial charge in [0, 0.05) is 44.3 Å². The van der Waals surface area contributed by atoms with E-state index in [0.717, 1.165) is 51.0 Å². The number of benzene rings is 2. The van der Waals surface area contributed by atoms with Crippen LogP contribution >= 0.6 is 12.4 Å². The molecule has 0 radical (unpaired) electrons. The van der Waals surface area contributed by atoms with Crippen LogP contribution in [0.1, 0.15) is 37.7 Å². The zero-order valence-corrected chi connectivity index (χ0v) is 28.6. The first kappa shape index (κ1) is 35.8. The quantitative estimate of drug-likeness (QED) is 0.357. The number of sulfonamides is 2. The maximum absolute atomic E-state index is 13.6. The topological polar surface area (TPSA) is 108 Å². The highest BCUT2D eigenvalue weighted by Gasteiger charge is 2.32. The third kappa shape index (κ3) is 9.50. The summed E-state index contributed by atoms with van der Waals surface area (Å²) >= 11 is 0. The number of morpholine rings is 1. The lowest BCUT2D eigenvalue weighted by atomic mass is 9.90. The number of halogens is 1. The minimum Gasteiger partial charge on any atom is -0.379 e. The number of rotatable bonds is 11. The molecule has 45 heavy (non-hydrogen) atoms. The van der Waals surface area contributed by atoms with Gasteiger partial charge >= 0.3 is 0 Å². The molecule has 1 amide bonds. The molecule has 0 unspecified atom stereocenters. The first-order valence-corrected chi connectivity index (χ1v) is 19.1. The minimum atomic E-state index is -3.47. The Balaban J connectivity index is 0.00000461. The molecular formula is C32H47ClN4O6S2. The van der Waals surface area contributed by atoms with Crippen LogP contribution in [0.5, 0.6) is 0 Å². The molecule has 2 aromatic rings. The molecule has 3 aliphatic heterocycles. The second kappa shape index (κ2) is 16.2. The predicted molar refractivity (Wildman–Crippen MR) is 179 cm³/mol. The SMILES string of the molecule is CS(=O)(=O)N1CCC(C(=O)N(CCCN2CCC(Cc3ccc(S(=O)(=O)N4CCOCC4)cc3)CC2)c2ccccc2)CC1.Cl. The van der Waals surface area contributed by atoms with Crippen LogP contribution in [0.15, 0.2) is 59.5 Å². The Labute approximate surface area is 275 Å². The van der Waals surface area contributed by atoms with Gasteiger partial charge in [0.2, 0.25) is 26.0 Å². The molecule has 3 fully saturated rings. The monoisotopic (exact) mass is 682 g/mol. The van der Waals surface area contributed by atoms with E-state index in [4.69, 9.17) is 4.74 Å². The van der Waals surface area contributed by atoms with E-state index in [9.17, 15) is 21.6 Å². The van der Waals surface area contributed by atoms with E-state index in [-0.39, 0.29) is 24.2 Å². The average molecular weight is 683 g/mol. The van der Waals surface area contributed by atoms with Crippen molar-refractivity contribution in [3.63, 3.8) is 0 Å². The normalized spacial score (nSPS) is 20.0. The standard InChI is InChI=1S/C32H46N4O6S2.ClH/c1-43(38,39)34-20-14-29(15-21-34)32(37)36(30-6-3-2-4-7-30)17-5-16-33-18-12-28(13-19-33)26-27-8-10-31(11-9-27)44(40,41)35-22-24-42-25-23-35;/h2-4,6-11,28-29H,5,12-26H2,1H3;1H. The van der Waals surface area contributed by atoms with Crippen LogP contribution in [-0.2, 0) is 36.0 Å². The summed E-state index contributed by atoms with van der Waals surface area (Å²) in [5, 5.41) is 0. The fraction of sp³-hybridized carbons (Fsp3) is 0.594. The Hall–Kier alpha value is -2.06. The van der Waals surface area contributed by atoms with E-state index in [1.165, 1.54) is 20.4 Å². The summed E-state index contributed by atoms with van der Waals surface area (Å²) < 4.78 is 57.9. The second-order valence-electron chi connectivity index (χ2n) is 12.3. The van der Waals surface area contributed by atoms with E-state index in [1.807, 2.05) is 47.4 Å². The summed E-state index contributed by atoms with van der Waals surface area (Å²) in [6, 6.07) is 17.2. The van der Waals surface area contributed by atoms with Crippen LogP contribution < -0.4 is 4.90 Å². The Bertz CT molecular complexity index is 1440. The van der Waals surface area contributed by atoms with Crippen molar-refractivity contribution in [3.8, 4) is 0 Å². The number of para-hydroxylation sites is 1. The molecular weight excluding hydrogens is 636 g/mol. The molecule has 3 aliphatic rings. The van der Waals surface area contributed by atoms with Gasteiger partial charge in [-0.2, -0.15) is 4.31 Å². The Kier molecular flexibility index (Phi) is 12.9. The third-order valence-electron chi connectivity index (χ3n) is 9.22. The summed E-state index contributed by atoms with van der Waals surface area (Å²) in [6.45, 7) is 6.04. The minimum absolute atomic E-state index is 0. The molecule has 0 aliphatic carbocycles. The fourth-order valence-corrected chi connectivity index (χ4v) is 8.84. The van der Waals surface area contributed by atoms with Crippen LogP contribution in [0.3, 0.4) is 0 Å². The van der Waals surface area contributed by atoms with Crippen LogP contribution in [0, 0.1) is 11.8 Å². The van der Waals surface area contributed by atoms with Crippen molar-refractivity contribution < 1.29 is 26.4 Å². The molecule has 3 saturated heterocycles. The van der Waals surface area contributed by atoms with Gasteiger partial charge < -0.3 is 14.5 Å². The number of nitrogens with zero attached hydrogens (tertiary/aromatic N) is 4. The maximum Gasteiger partial charge on any atom is 0.243 e. The van der Waals surface area contributed by atoms with E-state index in [1.54, 1.807) is 12.1 Å². The Morgan fingerprint density at radius 3 is 2.04 bits per heavy atom. The predicted octanol–water partition coefficient (Wildman–Crippen LogP) is 3.48. The molecule has 0 aromatic heterocycles. The lowest BCUT2D eigenvalue weighted by Gasteiger charge is -2.34. The summed E-state index contributed by atoms with van der Waals surface area (Å²) in [5.74, 6) is 0.484. The lowest BCUT2D eigenvalue weighted by Crippen LogP contribution is -2.45. The largest absolute Gasteiger partial charge is 0.379 e. The number of carbonyl (C=O) groups is 1. The van der Waals surface area contributed by atoms with Gasteiger partial charge in [-0.15, -0.1) is 12.4 Å². The average Bonchev–Trinajstić information content (AvgIpc) is 3.04. The van der Waals surface area contributed by atoms with Gasteiger partial charge in [0.05, 0.1) is 24.4 Å². The van der Waals surface area contributed by atoms with Crippen molar-refractivity contribution >= 4 is 44.0 Å². The molecule has 3 heterocycles. The zero-order chi connectivity index (χ0) is 31.2. The van der Waals surface area contributed by atoms with Crippen molar-refractivity contribution in [2.24, 2.45) is 11.8 Å². The van der Waals surface area contributed by atoms with Gasteiger partial charge in [0.25, 0.3) is 0 Å². The zero-order valence-electron chi connectivity index (χ0n) is 26.1. The molecule has 5 rings (SSSR count). The van der Waals surface area contributed by atoms with Gasteiger partial charge in [0.15, 0.2) is 0 Å². The first-order chi connectivity index (χ1) is 21.1. The lowest BCUT2D eigenvalue weighted by molar-refractivity contribution is -0.123. The van der Waals surface area contributed by atoms with Gasteiger partial charge in [-0.25, -0.2) is 21.1 Å². The van der Waals surface area contributed by atoms with Crippen LogP contribution in [0.2, 0.25) is 0 Å². The van der Waals surface area contributed by atoms with Crippen molar-refractivity contribution in [1.82, 2.24) is 13.5 Å². The Morgan fingerprint density at radius 2 is 1.44 bits per heavy atom. The third-order valence-corrected chi connectivity index (χ3v) is 12.4. The number of carbonyl (C=O) groups excluding carboxylic acids is 1. The van der Waals surface area contributed by atoms with Gasteiger partial charge in [-0.3, -0.25) is 4.79 Å². The number of hydrogen-bond donors (Lipinski definition) is 0. The van der Waals surface area contributed by atoms with E-state index in [2.05, 4.69) is 4.90 Å². The van der Waals surface area contributed by atoms with Crippen molar-refractivity contribution in [3.05, 3.63) is 60.2 Å². The molecule has 0 saturated carbocycles. The second-order valence-corrected chi connectivity index (χ2v) is 16.2. The number of amides is 1. The van der Waals surface area contributed by atoms with Gasteiger partial charge in [-0.05, 0) is 93.9 Å². The summed E-state index contributed by atoms with van der Waals surface area (Å²) in [4.78, 5) is 18.3. The number of likely N-dealkylation sites (tertiary alicyclic amines) is 1. The maximum atomic E-state index is 13.6. The molecule has 0 bridgehead atoms. The van der Waals surface area contributed by atoms with Crippen molar-refractivity contribution in [2.45, 2.75) is 43.4 Å². The van der Waals surface area contributed by atoms with Crippen LogP contribution in [0.4, 0.5) is 5.69 Å². The Morgan fingerprint density at radius 1 is 0.822 bits per heavy atom. The molecule has 0 N–H and O–H groups in total. The van der Waals surface area contributed by atoms with E-state index >= 15 is 0 Å².